The fraction of sp³-hybridized carbons (Fsp3) is 0.276. The lowest BCUT2D eigenvalue weighted by Gasteiger charge is -2.23. The average Bonchev–Trinajstić information content (AvgIpc) is 2.92. The first-order valence-corrected chi connectivity index (χ1v) is 12.7. The van der Waals surface area contributed by atoms with Crippen molar-refractivity contribution in [2.24, 2.45) is 0 Å². The Morgan fingerprint density at radius 3 is 2.46 bits per heavy atom. The van der Waals surface area contributed by atoms with Crippen LogP contribution in [0.1, 0.15) is 16.7 Å². The molecule has 3 aromatic carbocycles. The lowest BCUT2D eigenvalue weighted by atomic mass is 10.0. The number of fused-ring (bicyclic) bond motifs is 3. The zero-order valence-electron chi connectivity index (χ0n) is 21.5. The number of carbonyl (C=O) groups is 1. The van der Waals surface area contributed by atoms with Crippen LogP contribution in [-0.2, 0) is 22.4 Å². The highest BCUT2D eigenvalue weighted by Gasteiger charge is 2.25. The van der Waals surface area contributed by atoms with Gasteiger partial charge in [0.25, 0.3) is 0 Å². The SMILES string of the molecule is COCCOc1cc2ncnc(Oc3ccc(CC(=O)Cc4ccc(Cl)c(C)c4)cc3F)c2c2c1OCCO2. The van der Waals surface area contributed by atoms with Gasteiger partial charge in [-0.1, -0.05) is 29.8 Å². The van der Waals surface area contributed by atoms with Gasteiger partial charge in [0.1, 0.15) is 37.3 Å². The van der Waals surface area contributed by atoms with E-state index < -0.39 is 5.82 Å². The Kier molecular flexibility index (Phi) is 8.09. The quantitative estimate of drug-likeness (QED) is 0.232. The first kappa shape index (κ1) is 26.6. The molecule has 1 aliphatic heterocycles. The number of aryl methyl sites for hydroxylation is 1. The lowest BCUT2D eigenvalue weighted by molar-refractivity contribution is -0.117. The summed E-state index contributed by atoms with van der Waals surface area (Å²) >= 11 is 6.07. The third-order valence-electron chi connectivity index (χ3n) is 6.12. The van der Waals surface area contributed by atoms with Crippen LogP contribution in [-0.4, -0.2) is 49.3 Å². The van der Waals surface area contributed by atoms with Crippen LogP contribution in [0.5, 0.6) is 28.9 Å². The molecule has 0 fully saturated rings. The molecule has 1 aromatic heterocycles. The van der Waals surface area contributed by atoms with Crippen molar-refractivity contribution in [3.63, 3.8) is 0 Å². The molecule has 10 heteroatoms. The smallest absolute Gasteiger partial charge is 0.234 e. The number of aromatic nitrogens is 2. The van der Waals surface area contributed by atoms with E-state index in [1.165, 1.54) is 18.5 Å². The highest BCUT2D eigenvalue weighted by atomic mass is 35.5. The van der Waals surface area contributed by atoms with Gasteiger partial charge >= 0.3 is 0 Å². The normalized spacial score (nSPS) is 12.4. The van der Waals surface area contributed by atoms with Gasteiger partial charge < -0.3 is 23.7 Å². The summed E-state index contributed by atoms with van der Waals surface area (Å²) in [5.74, 6) is 0.597. The van der Waals surface area contributed by atoms with Crippen molar-refractivity contribution in [1.29, 1.82) is 0 Å². The minimum Gasteiger partial charge on any atom is -0.487 e. The van der Waals surface area contributed by atoms with Crippen LogP contribution in [0.3, 0.4) is 0 Å². The van der Waals surface area contributed by atoms with Gasteiger partial charge in [-0.05, 0) is 41.8 Å². The van der Waals surface area contributed by atoms with Gasteiger partial charge in [-0.2, -0.15) is 0 Å². The molecule has 39 heavy (non-hydrogen) atoms. The van der Waals surface area contributed by atoms with E-state index in [2.05, 4.69) is 9.97 Å². The van der Waals surface area contributed by atoms with Crippen LogP contribution in [0.4, 0.5) is 4.39 Å². The van der Waals surface area contributed by atoms with Gasteiger partial charge in [-0.3, -0.25) is 4.79 Å². The number of carbonyl (C=O) groups excluding carboxylic acids is 1. The molecule has 0 amide bonds. The summed E-state index contributed by atoms with van der Waals surface area (Å²) in [7, 11) is 1.58. The Balaban J connectivity index is 1.36. The number of hydrogen-bond donors (Lipinski definition) is 0. The van der Waals surface area contributed by atoms with Crippen LogP contribution >= 0.6 is 11.6 Å². The van der Waals surface area contributed by atoms with Gasteiger partial charge in [0.15, 0.2) is 23.1 Å². The van der Waals surface area contributed by atoms with Crippen molar-refractivity contribution < 1.29 is 32.9 Å². The largest absolute Gasteiger partial charge is 0.487 e. The Morgan fingerprint density at radius 2 is 1.72 bits per heavy atom. The second kappa shape index (κ2) is 11.8. The number of hydrogen-bond acceptors (Lipinski definition) is 8. The summed E-state index contributed by atoms with van der Waals surface area (Å²) in [5, 5.41) is 1.08. The number of methoxy groups -OCH3 is 1. The standard InChI is InChI=1S/C29H26ClFN2O6/c1-17-11-18(3-5-21(17)30)12-20(34)13-19-4-6-24(22(31)14-19)39-29-26-23(32-16-33-29)15-25(36-8-7-35-2)27-28(26)38-10-9-37-27/h3-6,11,14-16H,7-10,12-13H2,1-2H3. The van der Waals surface area contributed by atoms with E-state index in [4.69, 9.17) is 35.3 Å². The average molecular weight is 553 g/mol. The van der Waals surface area contributed by atoms with E-state index in [9.17, 15) is 4.79 Å². The zero-order chi connectivity index (χ0) is 27.4. The number of halogens is 2. The van der Waals surface area contributed by atoms with Crippen LogP contribution in [0.15, 0.2) is 48.8 Å². The van der Waals surface area contributed by atoms with E-state index in [-0.39, 0.29) is 30.3 Å². The Hall–Kier alpha value is -3.95. The monoisotopic (exact) mass is 552 g/mol. The third kappa shape index (κ3) is 6.05. The van der Waals surface area contributed by atoms with Crippen molar-refractivity contribution in [1.82, 2.24) is 9.97 Å². The Morgan fingerprint density at radius 1 is 0.974 bits per heavy atom. The fourth-order valence-electron chi connectivity index (χ4n) is 4.28. The molecule has 0 saturated carbocycles. The predicted octanol–water partition coefficient (Wildman–Crippen LogP) is 5.67. The molecule has 0 aliphatic carbocycles. The summed E-state index contributed by atoms with van der Waals surface area (Å²) in [6.45, 7) is 3.25. The van der Waals surface area contributed by atoms with Crippen LogP contribution < -0.4 is 18.9 Å². The van der Waals surface area contributed by atoms with Crippen molar-refractivity contribution in [3.8, 4) is 28.9 Å². The number of ether oxygens (including phenoxy) is 5. The maximum absolute atomic E-state index is 15.1. The highest BCUT2D eigenvalue weighted by Crippen LogP contribution is 2.47. The van der Waals surface area contributed by atoms with Crippen LogP contribution in [0, 0.1) is 12.7 Å². The molecular formula is C29H26ClFN2O6. The zero-order valence-corrected chi connectivity index (χ0v) is 22.2. The molecular weight excluding hydrogens is 527 g/mol. The minimum absolute atomic E-state index is 0.0427. The first-order chi connectivity index (χ1) is 18.9. The number of benzene rings is 3. The second-order valence-electron chi connectivity index (χ2n) is 8.99. The summed E-state index contributed by atoms with van der Waals surface area (Å²) in [4.78, 5) is 21.2. The molecule has 4 aromatic rings. The first-order valence-electron chi connectivity index (χ1n) is 12.3. The molecule has 0 bridgehead atoms. The van der Waals surface area contributed by atoms with Crippen molar-refractivity contribution in [2.45, 2.75) is 19.8 Å². The molecule has 0 atom stereocenters. The van der Waals surface area contributed by atoms with Crippen molar-refractivity contribution in [3.05, 3.63) is 76.3 Å². The second-order valence-corrected chi connectivity index (χ2v) is 9.39. The van der Waals surface area contributed by atoms with Crippen molar-refractivity contribution in [2.75, 3.05) is 33.5 Å². The van der Waals surface area contributed by atoms with E-state index in [0.717, 1.165) is 11.1 Å². The van der Waals surface area contributed by atoms with Crippen LogP contribution in [0.25, 0.3) is 10.9 Å². The predicted molar refractivity (Wildman–Crippen MR) is 143 cm³/mol. The summed E-state index contributed by atoms with van der Waals surface area (Å²) < 4.78 is 43.5. The summed E-state index contributed by atoms with van der Waals surface area (Å²) in [6.07, 6.45) is 1.63. The van der Waals surface area contributed by atoms with Gasteiger partial charge in [-0.15, -0.1) is 0 Å². The summed E-state index contributed by atoms with van der Waals surface area (Å²) in [6, 6.07) is 11.6. The number of Topliss-reactive ketones (excluding diaryl/α,β-unsaturated/α-hetero) is 1. The van der Waals surface area contributed by atoms with Crippen molar-refractivity contribution >= 4 is 28.3 Å². The van der Waals surface area contributed by atoms with Gasteiger partial charge in [0, 0.05) is 31.0 Å². The fourth-order valence-corrected chi connectivity index (χ4v) is 4.39. The molecule has 0 radical (unpaired) electrons. The number of rotatable bonds is 10. The molecule has 0 saturated heterocycles. The molecule has 0 spiro atoms. The Bertz CT molecular complexity index is 1530. The van der Waals surface area contributed by atoms with Gasteiger partial charge in [0.05, 0.1) is 12.1 Å². The molecule has 8 nitrogen and oxygen atoms in total. The lowest BCUT2D eigenvalue weighted by Crippen LogP contribution is -2.17. The topological polar surface area (TPSA) is 89.0 Å². The van der Waals surface area contributed by atoms with Gasteiger partial charge in [0.2, 0.25) is 11.6 Å². The minimum atomic E-state index is -0.625. The molecule has 0 N–H and O–H groups in total. The summed E-state index contributed by atoms with van der Waals surface area (Å²) in [5.41, 5.74) is 2.78. The highest BCUT2D eigenvalue weighted by molar-refractivity contribution is 6.31. The van der Waals surface area contributed by atoms with Crippen LogP contribution in [0.2, 0.25) is 5.02 Å². The van der Waals surface area contributed by atoms with Gasteiger partial charge in [-0.25, -0.2) is 14.4 Å². The maximum atomic E-state index is 15.1. The molecule has 5 rings (SSSR count). The Labute approximate surface area is 229 Å². The van der Waals surface area contributed by atoms with E-state index in [0.29, 0.717) is 65.2 Å². The molecule has 2 heterocycles. The van der Waals surface area contributed by atoms with E-state index >= 15 is 4.39 Å². The third-order valence-corrected chi connectivity index (χ3v) is 6.54. The molecule has 202 valence electrons. The maximum Gasteiger partial charge on any atom is 0.234 e. The molecule has 0 unspecified atom stereocenters. The molecule has 1 aliphatic rings. The van der Waals surface area contributed by atoms with E-state index in [1.54, 1.807) is 25.3 Å². The number of ketones is 1. The van der Waals surface area contributed by atoms with E-state index in [1.807, 2.05) is 19.1 Å². The number of nitrogens with zero attached hydrogens (tertiary/aromatic N) is 2.